The molecule has 0 saturated carbocycles. The molecular formula is C28H36N8O2. The van der Waals surface area contributed by atoms with E-state index in [0.29, 0.717) is 25.7 Å². The third kappa shape index (κ3) is 4.21. The molecular weight excluding hydrogens is 480 g/mol. The summed E-state index contributed by atoms with van der Waals surface area (Å²) in [5.74, 6) is 1.43. The van der Waals surface area contributed by atoms with Gasteiger partial charge in [-0.15, -0.1) is 0 Å². The number of rotatable bonds is 6. The van der Waals surface area contributed by atoms with Gasteiger partial charge in [-0.2, -0.15) is 5.10 Å². The van der Waals surface area contributed by atoms with Crippen molar-refractivity contribution in [2.24, 2.45) is 0 Å². The lowest BCUT2D eigenvalue weighted by Gasteiger charge is -2.38. The second kappa shape index (κ2) is 9.67. The molecule has 6 rings (SSSR count). The molecule has 0 aromatic carbocycles. The molecule has 0 aliphatic carbocycles. The Hall–Kier alpha value is -3.50. The fourth-order valence-electron chi connectivity index (χ4n) is 5.59. The van der Waals surface area contributed by atoms with Crippen LogP contribution in [0.1, 0.15) is 36.5 Å². The molecule has 6 heterocycles. The number of likely N-dealkylation sites (N-methyl/N-ethyl adjacent to an activating group) is 1. The normalized spacial score (nSPS) is 16.8. The molecule has 2 fully saturated rings. The molecule has 0 spiro atoms. The lowest BCUT2D eigenvalue weighted by molar-refractivity contribution is -0.135. The first-order chi connectivity index (χ1) is 18.3. The van der Waals surface area contributed by atoms with Crippen LogP contribution < -0.4 is 4.90 Å². The van der Waals surface area contributed by atoms with E-state index >= 15 is 0 Å². The third-order valence-corrected chi connectivity index (χ3v) is 8.22. The third-order valence-electron chi connectivity index (χ3n) is 8.22. The molecule has 2 aliphatic rings. The van der Waals surface area contributed by atoms with Crippen LogP contribution in [-0.2, 0) is 9.53 Å². The quantitative estimate of drug-likeness (QED) is 0.421. The molecule has 4 aromatic rings. The highest BCUT2D eigenvalue weighted by Crippen LogP contribution is 2.38. The Morgan fingerprint density at radius 2 is 1.92 bits per heavy atom. The number of aromatic nitrogens is 5. The molecule has 2 aliphatic heterocycles. The van der Waals surface area contributed by atoms with Gasteiger partial charge in [0.1, 0.15) is 12.1 Å². The van der Waals surface area contributed by atoms with Gasteiger partial charge in [-0.05, 0) is 50.1 Å². The van der Waals surface area contributed by atoms with E-state index in [-0.39, 0.29) is 11.8 Å². The van der Waals surface area contributed by atoms with Gasteiger partial charge in [0.2, 0.25) is 5.91 Å². The average molecular weight is 517 g/mol. The molecule has 10 nitrogen and oxygen atoms in total. The van der Waals surface area contributed by atoms with E-state index in [1.165, 1.54) is 11.1 Å². The highest BCUT2D eigenvalue weighted by atomic mass is 16.5. The number of nitrogens with zero attached hydrogens (tertiary/aromatic N) is 7. The minimum Gasteiger partial charge on any atom is -0.378 e. The number of ether oxygens (including phenoxy) is 1. The van der Waals surface area contributed by atoms with Crippen LogP contribution in [0.2, 0.25) is 0 Å². The van der Waals surface area contributed by atoms with Crippen molar-refractivity contribution in [3.8, 4) is 11.3 Å². The van der Waals surface area contributed by atoms with Crippen molar-refractivity contribution in [1.29, 1.82) is 0 Å². The summed E-state index contributed by atoms with van der Waals surface area (Å²) < 4.78 is 7.11. The maximum Gasteiger partial charge on any atom is 0.236 e. The van der Waals surface area contributed by atoms with Gasteiger partial charge in [-0.1, -0.05) is 13.8 Å². The molecule has 4 aromatic heterocycles. The smallest absolute Gasteiger partial charge is 0.236 e. The average Bonchev–Trinajstić information content (AvgIpc) is 3.49. The SMILES string of the molecule is Cc1c(-c2[nH]c3ccc(N4CCN(C(=O)CN(C)C5COC5)CC4)nc3c2C(C)C)cn2ncnc2c1C. The van der Waals surface area contributed by atoms with Crippen LogP contribution in [-0.4, -0.2) is 99.3 Å². The van der Waals surface area contributed by atoms with Crippen molar-refractivity contribution in [1.82, 2.24) is 34.4 Å². The van der Waals surface area contributed by atoms with E-state index in [4.69, 9.17) is 9.72 Å². The number of nitrogens with one attached hydrogen (secondary N) is 1. The molecule has 0 unspecified atom stereocenters. The van der Waals surface area contributed by atoms with Crippen LogP contribution >= 0.6 is 0 Å². The van der Waals surface area contributed by atoms with Crippen molar-refractivity contribution < 1.29 is 9.53 Å². The molecule has 10 heteroatoms. The van der Waals surface area contributed by atoms with Gasteiger partial charge in [-0.25, -0.2) is 14.5 Å². The Labute approximate surface area is 222 Å². The number of anilines is 1. The van der Waals surface area contributed by atoms with Gasteiger partial charge >= 0.3 is 0 Å². The highest BCUT2D eigenvalue weighted by Gasteiger charge is 2.28. The maximum atomic E-state index is 12.8. The number of fused-ring (bicyclic) bond motifs is 2. The Bertz CT molecular complexity index is 1490. The summed E-state index contributed by atoms with van der Waals surface area (Å²) >= 11 is 0. The summed E-state index contributed by atoms with van der Waals surface area (Å²) in [7, 11) is 2.00. The van der Waals surface area contributed by atoms with E-state index < -0.39 is 0 Å². The van der Waals surface area contributed by atoms with E-state index in [2.05, 4.69) is 70.9 Å². The minimum absolute atomic E-state index is 0.190. The number of aromatic amines is 1. The highest BCUT2D eigenvalue weighted by molar-refractivity contribution is 5.90. The van der Waals surface area contributed by atoms with Crippen molar-refractivity contribution in [2.45, 2.75) is 39.7 Å². The molecule has 2 saturated heterocycles. The van der Waals surface area contributed by atoms with E-state index in [0.717, 1.165) is 65.6 Å². The van der Waals surface area contributed by atoms with Gasteiger partial charge < -0.3 is 19.5 Å². The number of pyridine rings is 2. The van der Waals surface area contributed by atoms with Crippen LogP contribution in [0, 0.1) is 13.8 Å². The van der Waals surface area contributed by atoms with E-state index in [1.807, 2.05) is 16.5 Å². The van der Waals surface area contributed by atoms with E-state index in [9.17, 15) is 4.79 Å². The lowest BCUT2D eigenvalue weighted by atomic mass is 9.95. The Balaban J connectivity index is 1.25. The van der Waals surface area contributed by atoms with Gasteiger partial charge in [0.25, 0.3) is 0 Å². The number of hydrogen-bond acceptors (Lipinski definition) is 7. The Kier molecular flexibility index (Phi) is 6.31. The lowest BCUT2D eigenvalue weighted by Crippen LogP contribution is -2.54. The zero-order valence-electron chi connectivity index (χ0n) is 22.9. The van der Waals surface area contributed by atoms with Gasteiger partial charge in [0.15, 0.2) is 5.65 Å². The zero-order chi connectivity index (χ0) is 26.6. The number of amides is 1. The predicted octanol–water partition coefficient (Wildman–Crippen LogP) is 2.99. The fourth-order valence-corrected chi connectivity index (χ4v) is 5.59. The minimum atomic E-state index is 0.190. The molecule has 0 atom stereocenters. The second-order valence-corrected chi connectivity index (χ2v) is 10.9. The van der Waals surface area contributed by atoms with Gasteiger partial charge in [0.05, 0.1) is 42.5 Å². The molecule has 0 radical (unpaired) electrons. The topological polar surface area (TPSA) is 94.9 Å². The monoisotopic (exact) mass is 516 g/mol. The van der Waals surface area contributed by atoms with Crippen molar-refractivity contribution in [3.63, 3.8) is 0 Å². The van der Waals surface area contributed by atoms with Crippen molar-refractivity contribution in [2.75, 3.05) is 57.9 Å². The first-order valence-electron chi connectivity index (χ1n) is 13.4. The second-order valence-electron chi connectivity index (χ2n) is 10.9. The predicted molar refractivity (Wildman–Crippen MR) is 148 cm³/mol. The summed E-state index contributed by atoms with van der Waals surface area (Å²) in [4.78, 5) is 32.5. The van der Waals surface area contributed by atoms with Crippen molar-refractivity contribution >= 4 is 28.4 Å². The maximum absolute atomic E-state index is 12.8. The van der Waals surface area contributed by atoms with Crippen LogP contribution in [0.4, 0.5) is 5.82 Å². The van der Waals surface area contributed by atoms with Crippen molar-refractivity contribution in [3.05, 3.63) is 41.3 Å². The fraction of sp³-hybridized carbons (Fsp3) is 0.500. The first-order valence-corrected chi connectivity index (χ1v) is 13.4. The summed E-state index contributed by atoms with van der Waals surface area (Å²) in [6.07, 6.45) is 3.66. The zero-order valence-corrected chi connectivity index (χ0v) is 22.9. The summed E-state index contributed by atoms with van der Waals surface area (Å²) in [5, 5.41) is 4.39. The van der Waals surface area contributed by atoms with Crippen LogP contribution in [0.15, 0.2) is 24.7 Å². The van der Waals surface area contributed by atoms with Gasteiger partial charge in [-0.3, -0.25) is 9.69 Å². The number of carbonyl (C=O) groups is 1. The largest absolute Gasteiger partial charge is 0.378 e. The Morgan fingerprint density at radius 1 is 1.16 bits per heavy atom. The standard InChI is InChI=1S/C28H36N8O2/c1-17(2)25-26(21-12-36-28(29-16-30-36)19(4)18(21)3)31-22-6-7-23(32-27(22)25)34-8-10-35(11-9-34)24(37)13-33(5)20-14-38-15-20/h6-7,12,16-17,20,31H,8-11,13-15H2,1-5H3. The number of hydrogen-bond donors (Lipinski definition) is 1. The Morgan fingerprint density at radius 3 is 2.61 bits per heavy atom. The summed E-state index contributed by atoms with van der Waals surface area (Å²) in [6, 6.07) is 4.59. The first kappa shape index (κ1) is 24.8. The van der Waals surface area contributed by atoms with Crippen LogP contribution in [0.25, 0.3) is 27.9 Å². The number of H-pyrrole nitrogens is 1. The number of aryl methyl sites for hydroxylation is 1. The molecule has 1 amide bonds. The molecule has 38 heavy (non-hydrogen) atoms. The molecule has 0 bridgehead atoms. The molecule has 1 N–H and O–H groups in total. The summed E-state index contributed by atoms with van der Waals surface area (Å²) in [5.41, 5.74) is 8.65. The van der Waals surface area contributed by atoms with Gasteiger partial charge in [0, 0.05) is 43.5 Å². The number of carbonyl (C=O) groups excluding carboxylic acids is 1. The van der Waals surface area contributed by atoms with Crippen LogP contribution in [0.3, 0.4) is 0 Å². The molecule has 200 valence electrons. The van der Waals surface area contributed by atoms with E-state index in [1.54, 1.807) is 6.33 Å². The number of piperazine rings is 1. The van der Waals surface area contributed by atoms with Crippen LogP contribution in [0.5, 0.6) is 0 Å². The summed E-state index contributed by atoms with van der Waals surface area (Å²) in [6.45, 7) is 13.5.